The number of carbonyl (C=O) groups is 1. The van der Waals surface area contributed by atoms with E-state index in [4.69, 9.17) is 14.2 Å². The van der Waals surface area contributed by atoms with E-state index in [1.807, 2.05) is 0 Å². The van der Waals surface area contributed by atoms with Gasteiger partial charge in [0.25, 0.3) is 0 Å². The highest BCUT2D eigenvalue weighted by atomic mass is 32.2. The second-order valence-electron chi connectivity index (χ2n) is 6.53. The summed E-state index contributed by atoms with van der Waals surface area (Å²) in [6.45, 7) is 1.88. The number of hydrogen-bond donors (Lipinski definition) is 0. The lowest BCUT2D eigenvalue weighted by Gasteiger charge is -2.24. The first-order valence-electron chi connectivity index (χ1n) is 9.36. The van der Waals surface area contributed by atoms with Crippen LogP contribution in [0, 0.1) is 0 Å². The van der Waals surface area contributed by atoms with Gasteiger partial charge >= 0.3 is 0 Å². The van der Waals surface area contributed by atoms with Gasteiger partial charge in [0, 0.05) is 20.1 Å². The van der Waals surface area contributed by atoms with Crippen LogP contribution in [0.15, 0.2) is 47.4 Å². The smallest absolute Gasteiger partial charge is 0.243 e. The van der Waals surface area contributed by atoms with Crippen molar-refractivity contribution in [2.75, 3.05) is 41.5 Å². The Hall–Kier alpha value is -2.78. The maximum atomic E-state index is 12.8. The molecule has 9 heteroatoms. The zero-order valence-corrected chi connectivity index (χ0v) is 18.7. The number of hydrogen-bond acceptors (Lipinski definition) is 6. The molecule has 0 heterocycles. The second kappa shape index (κ2) is 10.3. The third-order valence-electron chi connectivity index (χ3n) is 4.62. The predicted molar refractivity (Wildman–Crippen MR) is 113 cm³/mol. The summed E-state index contributed by atoms with van der Waals surface area (Å²) < 4.78 is 42.8. The minimum absolute atomic E-state index is 0.159. The maximum absolute atomic E-state index is 12.8. The second-order valence-corrected chi connectivity index (χ2v) is 8.47. The third-order valence-corrected chi connectivity index (χ3v) is 6.55. The standard InChI is InChI=1S/C21H28N2O6S/c1-6-23(30(25,26)17-10-8-7-9-11-17)15-20(24)22(2)14-16-12-18(27-3)21(29-5)19(13-16)28-4/h7-13H,6,14-15H2,1-5H3. The molecule has 2 rings (SSSR count). The van der Waals surface area contributed by atoms with Gasteiger partial charge in [0.05, 0.1) is 32.8 Å². The van der Waals surface area contributed by atoms with Crippen LogP contribution in [0.4, 0.5) is 0 Å². The van der Waals surface area contributed by atoms with E-state index in [0.717, 1.165) is 9.87 Å². The van der Waals surface area contributed by atoms with Gasteiger partial charge < -0.3 is 19.1 Å². The predicted octanol–water partition coefficient (Wildman–Crippen LogP) is 2.38. The van der Waals surface area contributed by atoms with Crippen molar-refractivity contribution in [2.45, 2.75) is 18.4 Å². The summed E-state index contributed by atoms with van der Waals surface area (Å²) in [5.74, 6) is 1.10. The summed E-state index contributed by atoms with van der Waals surface area (Å²) >= 11 is 0. The van der Waals surface area contributed by atoms with Gasteiger partial charge in [0.15, 0.2) is 11.5 Å². The summed E-state index contributed by atoms with van der Waals surface area (Å²) in [6, 6.07) is 11.6. The summed E-state index contributed by atoms with van der Waals surface area (Å²) in [5, 5.41) is 0. The molecule has 0 aliphatic carbocycles. The molecule has 1 amide bonds. The largest absolute Gasteiger partial charge is 0.493 e. The molecule has 0 aromatic heterocycles. The van der Waals surface area contributed by atoms with Crippen LogP contribution < -0.4 is 14.2 Å². The average molecular weight is 437 g/mol. The van der Waals surface area contributed by atoms with E-state index in [-0.39, 0.29) is 30.4 Å². The van der Waals surface area contributed by atoms with E-state index in [0.29, 0.717) is 17.2 Å². The topological polar surface area (TPSA) is 85.4 Å². The van der Waals surface area contributed by atoms with Crippen LogP contribution in [0.5, 0.6) is 17.2 Å². The number of nitrogens with zero attached hydrogens (tertiary/aromatic N) is 2. The minimum atomic E-state index is -3.75. The number of ether oxygens (including phenoxy) is 3. The van der Waals surface area contributed by atoms with Gasteiger partial charge in [-0.05, 0) is 29.8 Å². The van der Waals surface area contributed by atoms with Crippen LogP contribution >= 0.6 is 0 Å². The first kappa shape index (κ1) is 23.5. The molecule has 30 heavy (non-hydrogen) atoms. The number of sulfonamides is 1. The van der Waals surface area contributed by atoms with Crippen LogP contribution in [0.3, 0.4) is 0 Å². The molecule has 0 N–H and O–H groups in total. The zero-order valence-electron chi connectivity index (χ0n) is 17.9. The zero-order chi connectivity index (χ0) is 22.3. The van der Waals surface area contributed by atoms with E-state index in [9.17, 15) is 13.2 Å². The molecule has 2 aromatic carbocycles. The van der Waals surface area contributed by atoms with Crippen molar-refractivity contribution in [2.24, 2.45) is 0 Å². The molecule has 0 unspecified atom stereocenters. The number of likely N-dealkylation sites (N-methyl/N-ethyl adjacent to an activating group) is 2. The molecule has 2 aromatic rings. The van der Waals surface area contributed by atoms with Crippen LogP contribution in [-0.2, 0) is 21.4 Å². The van der Waals surface area contributed by atoms with Gasteiger partial charge in [-0.25, -0.2) is 8.42 Å². The van der Waals surface area contributed by atoms with Gasteiger partial charge in [-0.2, -0.15) is 4.31 Å². The van der Waals surface area contributed by atoms with Crippen molar-refractivity contribution in [3.05, 3.63) is 48.0 Å². The first-order valence-corrected chi connectivity index (χ1v) is 10.8. The first-order chi connectivity index (χ1) is 14.3. The lowest BCUT2D eigenvalue weighted by Crippen LogP contribution is -2.41. The van der Waals surface area contributed by atoms with Crippen molar-refractivity contribution in [1.29, 1.82) is 0 Å². The Morgan fingerprint density at radius 2 is 1.53 bits per heavy atom. The molecule has 0 aliphatic rings. The van der Waals surface area contributed by atoms with Gasteiger partial charge in [-0.3, -0.25) is 4.79 Å². The van der Waals surface area contributed by atoms with Crippen LogP contribution in [-0.4, -0.2) is 65.0 Å². The molecule has 0 saturated heterocycles. The molecule has 0 aliphatic heterocycles. The lowest BCUT2D eigenvalue weighted by atomic mass is 10.1. The van der Waals surface area contributed by atoms with E-state index >= 15 is 0 Å². The van der Waals surface area contributed by atoms with Gasteiger partial charge in [0.1, 0.15) is 0 Å². The molecule has 0 radical (unpaired) electrons. The number of amides is 1. The fourth-order valence-electron chi connectivity index (χ4n) is 2.97. The van der Waals surface area contributed by atoms with Gasteiger partial charge in [0.2, 0.25) is 21.7 Å². The van der Waals surface area contributed by atoms with Crippen molar-refractivity contribution in [3.63, 3.8) is 0 Å². The van der Waals surface area contributed by atoms with Crippen molar-refractivity contribution >= 4 is 15.9 Å². The van der Waals surface area contributed by atoms with Crippen molar-refractivity contribution < 1.29 is 27.4 Å². The fraction of sp³-hybridized carbons (Fsp3) is 0.381. The molecule has 164 valence electrons. The molecular weight excluding hydrogens is 408 g/mol. The molecule has 0 spiro atoms. The van der Waals surface area contributed by atoms with E-state index in [1.54, 1.807) is 44.3 Å². The van der Waals surface area contributed by atoms with Crippen LogP contribution in [0.1, 0.15) is 12.5 Å². The van der Waals surface area contributed by atoms with E-state index < -0.39 is 10.0 Å². The minimum Gasteiger partial charge on any atom is -0.493 e. The Morgan fingerprint density at radius 3 is 2.00 bits per heavy atom. The van der Waals surface area contributed by atoms with Crippen molar-refractivity contribution in [3.8, 4) is 17.2 Å². The summed E-state index contributed by atoms with van der Waals surface area (Å²) in [4.78, 5) is 14.4. The highest BCUT2D eigenvalue weighted by Crippen LogP contribution is 2.38. The lowest BCUT2D eigenvalue weighted by molar-refractivity contribution is -0.130. The number of rotatable bonds is 10. The SMILES string of the molecule is CCN(CC(=O)N(C)Cc1cc(OC)c(OC)c(OC)c1)S(=O)(=O)c1ccccc1. The monoisotopic (exact) mass is 436 g/mol. The normalized spacial score (nSPS) is 11.3. The quantitative estimate of drug-likeness (QED) is 0.569. The van der Waals surface area contributed by atoms with Gasteiger partial charge in [-0.15, -0.1) is 0 Å². The van der Waals surface area contributed by atoms with Crippen LogP contribution in [0.25, 0.3) is 0 Å². The third kappa shape index (κ3) is 5.22. The molecule has 0 bridgehead atoms. The summed E-state index contributed by atoms with van der Waals surface area (Å²) in [7, 11) is 2.42. The highest BCUT2D eigenvalue weighted by molar-refractivity contribution is 7.89. The molecule has 0 saturated carbocycles. The summed E-state index contributed by atoms with van der Waals surface area (Å²) in [6.07, 6.45) is 0. The molecule has 0 fully saturated rings. The Morgan fingerprint density at radius 1 is 0.967 bits per heavy atom. The van der Waals surface area contributed by atoms with Crippen LogP contribution in [0.2, 0.25) is 0 Å². The molecule has 8 nitrogen and oxygen atoms in total. The average Bonchev–Trinajstić information content (AvgIpc) is 2.76. The maximum Gasteiger partial charge on any atom is 0.243 e. The Balaban J connectivity index is 2.17. The Labute approximate surface area is 178 Å². The number of methoxy groups -OCH3 is 3. The highest BCUT2D eigenvalue weighted by Gasteiger charge is 2.26. The van der Waals surface area contributed by atoms with E-state index in [2.05, 4.69) is 0 Å². The number of benzene rings is 2. The van der Waals surface area contributed by atoms with E-state index in [1.165, 1.54) is 38.4 Å². The Kier molecular flexibility index (Phi) is 8.08. The molecule has 0 atom stereocenters. The fourth-order valence-corrected chi connectivity index (χ4v) is 4.39. The molecular formula is C21H28N2O6S. The van der Waals surface area contributed by atoms with Crippen molar-refractivity contribution in [1.82, 2.24) is 9.21 Å². The Bertz CT molecular complexity index is 938. The van der Waals surface area contributed by atoms with Gasteiger partial charge in [-0.1, -0.05) is 25.1 Å². The number of carbonyl (C=O) groups excluding carboxylic acids is 1. The summed E-state index contributed by atoms with van der Waals surface area (Å²) in [5.41, 5.74) is 0.759.